The van der Waals surface area contributed by atoms with Crippen LogP contribution in [-0.4, -0.2) is 42.6 Å². The fraction of sp³-hybridized carbons (Fsp3) is 0.737. The van der Waals surface area contributed by atoms with E-state index in [2.05, 4.69) is 10.7 Å². The number of thiophene rings is 1. The van der Waals surface area contributed by atoms with Crippen LogP contribution < -0.4 is 5.32 Å². The van der Waals surface area contributed by atoms with Crippen LogP contribution in [0.2, 0.25) is 0 Å². The lowest BCUT2D eigenvalue weighted by atomic mass is 9.95. The molecule has 3 heterocycles. The van der Waals surface area contributed by atoms with Gasteiger partial charge in [-0.1, -0.05) is 0 Å². The highest BCUT2D eigenvalue weighted by Crippen LogP contribution is 2.30. The van der Waals surface area contributed by atoms with Crippen LogP contribution in [0.3, 0.4) is 0 Å². The first kappa shape index (κ1) is 16.6. The van der Waals surface area contributed by atoms with Gasteiger partial charge in [-0.05, 0) is 67.9 Å². The lowest BCUT2D eigenvalue weighted by Gasteiger charge is -2.33. The second kappa shape index (κ2) is 7.54. The number of amides is 1. The van der Waals surface area contributed by atoms with Crippen molar-refractivity contribution in [3.63, 3.8) is 0 Å². The van der Waals surface area contributed by atoms with Gasteiger partial charge in [-0.3, -0.25) is 4.79 Å². The van der Waals surface area contributed by atoms with Crippen molar-refractivity contribution in [3.8, 4) is 0 Å². The molecule has 1 N–H and O–H groups in total. The number of fused-ring (bicyclic) bond motifs is 1. The van der Waals surface area contributed by atoms with E-state index in [1.54, 1.807) is 10.4 Å². The van der Waals surface area contributed by atoms with E-state index in [4.69, 9.17) is 4.74 Å². The fourth-order valence-corrected chi connectivity index (χ4v) is 5.39. The lowest BCUT2D eigenvalue weighted by molar-refractivity contribution is -0.142. The Morgan fingerprint density at radius 3 is 2.83 bits per heavy atom. The molecular formula is C19H28N2O2S. The summed E-state index contributed by atoms with van der Waals surface area (Å²) < 4.78 is 5.54. The molecule has 1 aromatic rings. The fourth-order valence-electron chi connectivity index (χ4n) is 4.24. The number of likely N-dealkylation sites (tertiary alicyclic amines) is 1. The quantitative estimate of drug-likeness (QED) is 0.910. The third-order valence-electron chi connectivity index (χ3n) is 5.74. The first-order valence-corrected chi connectivity index (χ1v) is 10.4. The smallest absolute Gasteiger partial charge is 0.251 e. The van der Waals surface area contributed by atoms with Crippen LogP contribution in [-0.2, 0) is 28.9 Å². The number of carbonyl (C=O) groups is 1. The minimum atomic E-state index is -0.160. The van der Waals surface area contributed by atoms with E-state index in [0.29, 0.717) is 6.04 Å². The normalized spacial score (nSPS) is 25.0. The Kier molecular flexibility index (Phi) is 5.20. The molecule has 0 spiro atoms. The largest absolute Gasteiger partial charge is 0.368 e. The van der Waals surface area contributed by atoms with Crippen molar-refractivity contribution in [1.82, 2.24) is 10.2 Å². The minimum Gasteiger partial charge on any atom is -0.368 e. The molecule has 0 bridgehead atoms. The number of piperidine rings is 1. The third kappa shape index (κ3) is 3.53. The van der Waals surface area contributed by atoms with Gasteiger partial charge in [0.05, 0.1) is 0 Å². The van der Waals surface area contributed by atoms with Crippen molar-refractivity contribution in [3.05, 3.63) is 21.4 Å². The average molecular weight is 349 g/mol. The van der Waals surface area contributed by atoms with E-state index in [1.807, 2.05) is 16.2 Å². The summed E-state index contributed by atoms with van der Waals surface area (Å²) in [6.07, 6.45) is 9.15. The Hall–Kier alpha value is -0.910. The average Bonchev–Trinajstić information content (AvgIpc) is 3.30. The minimum absolute atomic E-state index is 0.160. The molecule has 2 fully saturated rings. The molecule has 1 atom stereocenters. The molecule has 0 radical (unpaired) electrons. The molecule has 24 heavy (non-hydrogen) atoms. The zero-order chi connectivity index (χ0) is 16.4. The van der Waals surface area contributed by atoms with Gasteiger partial charge in [-0.15, -0.1) is 11.3 Å². The van der Waals surface area contributed by atoms with Crippen LogP contribution >= 0.6 is 11.3 Å². The molecular weight excluding hydrogens is 320 g/mol. The van der Waals surface area contributed by atoms with Gasteiger partial charge in [0.15, 0.2) is 0 Å². The van der Waals surface area contributed by atoms with Gasteiger partial charge in [0.1, 0.15) is 6.10 Å². The van der Waals surface area contributed by atoms with E-state index in [9.17, 15) is 4.79 Å². The van der Waals surface area contributed by atoms with Gasteiger partial charge in [0.25, 0.3) is 5.91 Å². The number of rotatable bonds is 4. The topological polar surface area (TPSA) is 41.6 Å². The Labute approximate surface area is 148 Å². The van der Waals surface area contributed by atoms with E-state index < -0.39 is 0 Å². The molecule has 3 aliphatic rings. The van der Waals surface area contributed by atoms with Gasteiger partial charge in [-0.25, -0.2) is 0 Å². The second-order valence-corrected chi connectivity index (χ2v) is 8.32. The van der Waals surface area contributed by atoms with Gasteiger partial charge in [0, 0.05) is 37.2 Å². The van der Waals surface area contributed by atoms with Crippen LogP contribution in [0.25, 0.3) is 0 Å². The Morgan fingerprint density at radius 1 is 1.21 bits per heavy atom. The number of hydrogen-bond donors (Lipinski definition) is 1. The van der Waals surface area contributed by atoms with Gasteiger partial charge < -0.3 is 15.0 Å². The maximum atomic E-state index is 12.4. The number of ether oxygens (including phenoxy) is 1. The standard InChI is InChI=1S/C19H28N2O2S/c22-19(17-5-3-11-23-17)21-9-7-15(8-10-21)20-12-14-13-24-18-6-2-1-4-16(14)18/h13,15,17,20H,1-12H2. The highest BCUT2D eigenvalue weighted by molar-refractivity contribution is 7.10. The van der Waals surface area contributed by atoms with E-state index >= 15 is 0 Å². The molecule has 1 unspecified atom stereocenters. The number of hydrogen-bond acceptors (Lipinski definition) is 4. The van der Waals surface area contributed by atoms with Crippen LogP contribution in [0.1, 0.15) is 54.5 Å². The lowest BCUT2D eigenvalue weighted by Crippen LogP contribution is -2.47. The van der Waals surface area contributed by atoms with Crippen molar-refractivity contribution in [2.75, 3.05) is 19.7 Å². The molecule has 0 saturated carbocycles. The molecule has 1 aliphatic carbocycles. The summed E-state index contributed by atoms with van der Waals surface area (Å²) in [6, 6.07) is 0.540. The highest BCUT2D eigenvalue weighted by atomic mass is 32.1. The molecule has 0 aromatic carbocycles. The number of carbonyl (C=O) groups excluding carboxylic acids is 1. The molecule has 1 aromatic heterocycles. The Balaban J connectivity index is 1.25. The first-order chi connectivity index (χ1) is 11.8. The molecule has 2 saturated heterocycles. The van der Waals surface area contributed by atoms with Crippen molar-refractivity contribution >= 4 is 17.2 Å². The number of aryl methyl sites for hydroxylation is 1. The van der Waals surface area contributed by atoms with Crippen LogP contribution in [0.15, 0.2) is 5.38 Å². The van der Waals surface area contributed by atoms with Crippen molar-refractivity contribution in [2.45, 2.75) is 70.1 Å². The SMILES string of the molecule is O=C(C1CCCO1)N1CCC(NCc2csc3c2CCCC3)CC1. The Bertz CT molecular complexity index is 572. The molecule has 1 amide bonds. The highest BCUT2D eigenvalue weighted by Gasteiger charge is 2.30. The summed E-state index contributed by atoms with van der Waals surface area (Å²) in [7, 11) is 0. The van der Waals surface area contributed by atoms with E-state index in [-0.39, 0.29) is 12.0 Å². The van der Waals surface area contributed by atoms with Crippen molar-refractivity contribution in [2.24, 2.45) is 0 Å². The van der Waals surface area contributed by atoms with E-state index in [1.165, 1.54) is 31.2 Å². The van der Waals surface area contributed by atoms with Gasteiger partial charge >= 0.3 is 0 Å². The van der Waals surface area contributed by atoms with E-state index in [0.717, 1.165) is 51.9 Å². The maximum absolute atomic E-state index is 12.4. The Morgan fingerprint density at radius 2 is 2.04 bits per heavy atom. The van der Waals surface area contributed by atoms with Crippen molar-refractivity contribution < 1.29 is 9.53 Å². The molecule has 4 rings (SSSR count). The van der Waals surface area contributed by atoms with Gasteiger partial charge in [0.2, 0.25) is 0 Å². The predicted octanol–water partition coefficient (Wildman–Crippen LogP) is 2.89. The predicted molar refractivity (Wildman–Crippen MR) is 96.4 cm³/mol. The van der Waals surface area contributed by atoms with Gasteiger partial charge in [-0.2, -0.15) is 0 Å². The molecule has 5 heteroatoms. The van der Waals surface area contributed by atoms with Crippen LogP contribution in [0.4, 0.5) is 0 Å². The molecule has 4 nitrogen and oxygen atoms in total. The third-order valence-corrected chi connectivity index (χ3v) is 6.88. The zero-order valence-corrected chi connectivity index (χ0v) is 15.2. The molecule has 132 valence electrons. The van der Waals surface area contributed by atoms with Crippen molar-refractivity contribution in [1.29, 1.82) is 0 Å². The molecule has 2 aliphatic heterocycles. The first-order valence-electron chi connectivity index (χ1n) is 9.53. The monoisotopic (exact) mass is 348 g/mol. The number of nitrogens with zero attached hydrogens (tertiary/aromatic N) is 1. The maximum Gasteiger partial charge on any atom is 0.251 e. The van der Waals surface area contributed by atoms with Crippen LogP contribution in [0, 0.1) is 0 Å². The summed E-state index contributed by atoms with van der Waals surface area (Å²) in [5.41, 5.74) is 3.15. The second-order valence-electron chi connectivity index (χ2n) is 7.35. The summed E-state index contributed by atoms with van der Waals surface area (Å²) in [6.45, 7) is 3.49. The summed E-state index contributed by atoms with van der Waals surface area (Å²) in [4.78, 5) is 16.0. The summed E-state index contributed by atoms with van der Waals surface area (Å²) >= 11 is 1.95. The zero-order valence-electron chi connectivity index (χ0n) is 14.4. The summed E-state index contributed by atoms with van der Waals surface area (Å²) in [5, 5.41) is 6.10. The van der Waals surface area contributed by atoms with Crippen LogP contribution in [0.5, 0.6) is 0 Å². The summed E-state index contributed by atoms with van der Waals surface area (Å²) in [5.74, 6) is 0.220. The number of nitrogens with one attached hydrogen (secondary N) is 1.